The van der Waals surface area contributed by atoms with E-state index in [4.69, 9.17) is 11.6 Å². The van der Waals surface area contributed by atoms with Gasteiger partial charge in [0, 0.05) is 5.69 Å². The van der Waals surface area contributed by atoms with Crippen LogP contribution in [0.25, 0.3) is 5.69 Å². The van der Waals surface area contributed by atoms with Gasteiger partial charge in [-0.1, -0.05) is 48.5 Å². The zero-order valence-corrected chi connectivity index (χ0v) is 17.1. The average molecular weight is 401 g/mol. The van der Waals surface area contributed by atoms with Crippen molar-refractivity contribution in [1.29, 1.82) is 0 Å². The molecule has 0 radical (unpaired) electrons. The van der Waals surface area contributed by atoms with Crippen LogP contribution in [-0.4, -0.2) is 26.4 Å². The van der Waals surface area contributed by atoms with E-state index in [1.165, 1.54) is 17.3 Å². The minimum Gasteiger partial charge on any atom is -0.324 e. The molecule has 0 bridgehead atoms. The molecule has 1 amide bonds. The van der Waals surface area contributed by atoms with E-state index in [9.17, 15) is 4.79 Å². The number of thioether (sulfide) groups is 1. The molecule has 0 atom stereocenters. The lowest BCUT2D eigenvalue weighted by molar-refractivity contribution is -0.113. The van der Waals surface area contributed by atoms with Crippen LogP contribution in [0.2, 0.25) is 5.02 Å². The molecule has 7 heteroatoms. The molecule has 0 fully saturated rings. The summed E-state index contributed by atoms with van der Waals surface area (Å²) in [7, 11) is 0. The highest BCUT2D eigenvalue weighted by Gasteiger charge is 2.14. The molecule has 2 aromatic carbocycles. The molecule has 0 aliphatic carbocycles. The number of hydrogen-bond donors (Lipinski definition) is 1. The number of carbonyl (C=O) groups excluding carboxylic acids is 1. The SMILES string of the molecule is CCc1ccc(-n2c(C)nnc2SCC(=O)Nc2ccc(C)cc2Cl)cc1. The van der Waals surface area contributed by atoms with E-state index in [1.54, 1.807) is 0 Å². The number of aromatic nitrogens is 3. The number of hydrogen-bond acceptors (Lipinski definition) is 4. The van der Waals surface area contributed by atoms with Gasteiger partial charge in [0.1, 0.15) is 5.82 Å². The van der Waals surface area contributed by atoms with Crippen LogP contribution in [-0.2, 0) is 11.2 Å². The molecule has 3 aromatic rings. The molecule has 5 nitrogen and oxygen atoms in total. The van der Waals surface area contributed by atoms with Gasteiger partial charge < -0.3 is 5.32 Å². The first-order valence-corrected chi connectivity index (χ1v) is 10.0. The zero-order chi connectivity index (χ0) is 19.4. The van der Waals surface area contributed by atoms with E-state index in [2.05, 4.69) is 34.6 Å². The number of anilines is 1. The first kappa shape index (κ1) is 19.5. The molecule has 1 heterocycles. The maximum Gasteiger partial charge on any atom is 0.234 e. The Balaban J connectivity index is 1.70. The molecule has 0 spiro atoms. The van der Waals surface area contributed by atoms with Gasteiger partial charge in [0.05, 0.1) is 16.5 Å². The summed E-state index contributed by atoms with van der Waals surface area (Å²) in [5.41, 5.74) is 3.91. The number of amides is 1. The van der Waals surface area contributed by atoms with Crippen LogP contribution in [0.5, 0.6) is 0 Å². The highest BCUT2D eigenvalue weighted by Crippen LogP contribution is 2.25. The lowest BCUT2D eigenvalue weighted by atomic mass is 10.1. The fourth-order valence-electron chi connectivity index (χ4n) is 2.65. The van der Waals surface area contributed by atoms with Gasteiger partial charge in [-0.2, -0.15) is 0 Å². The fraction of sp³-hybridized carbons (Fsp3) is 0.250. The Morgan fingerprint density at radius 2 is 1.89 bits per heavy atom. The van der Waals surface area contributed by atoms with Gasteiger partial charge in [0.15, 0.2) is 5.16 Å². The standard InChI is InChI=1S/C20H21ClN4OS/c1-4-15-6-8-16(9-7-15)25-14(3)23-24-20(25)27-12-19(26)22-18-10-5-13(2)11-17(18)21/h5-11H,4,12H2,1-3H3,(H,22,26). The molecule has 0 saturated carbocycles. The van der Waals surface area contributed by atoms with Crippen molar-refractivity contribution in [3.63, 3.8) is 0 Å². The normalized spacial score (nSPS) is 10.8. The number of nitrogens with one attached hydrogen (secondary N) is 1. The largest absolute Gasteiger partial charge is 0.324 e. The Morgan fingerprint density at radius 3 is 2.56 bits per heavy atom. The smallest absolute Gasteiger partial charge is 0.234 e. The monoisotopic (exact) mass is 400 g/mol. The highest BCUT2D eigenvalue weighted by molar-refractivity contribution is 7.99. The Morgan fingerprint density at radius 1 is 1.15 bits per heavy atom. The number of rotatable bonds is 6. The third-order valence-corrected chi connectivity index (χ3v) is 5.37. The number of benzene rings is 2. The van der Waals surface area contributed by atoms with Gasteiger partial charge in [-0.3, -0.25) is 9.36 Å². The molecule has 3 rings (SSSR count). The van der Waals surface area contributed by atoms with E-state index < -0.39 is 0 Å². The van der Waals surface area contributed by atoms with E-state index in [0.717, 1.165) is 23.5 Å². The molecular weight excluding hydrogens is 380 g/mol. The van der Waals surface area contributed by atoms with Crippen molar-refractivity contribution >= 4 is 35.0 Å². The number of aryl methyl sites for hydroxylation is 3. The molecule has 0 aliphatic rings. The second kappa shape index (κ2) is 8.59. The lowest BCUT2D eigenvalue weighted by Crippen LogP contribution is -2.15. The quantitative estimate of drug-likeness (QED) is 0.602. The second-order valence-corrected chi connectivity index (χ2v) is 7.56. The van der Waals surface area contributed by atoms with Crippen molar-refractivity contribution in [1.82, 2.24) is 14.8 Å². The van der Waals surface area contributed by atoms with Gasteiger partial charge in [-0.15, -0.1) is 10.2 Å². The molecular formula is C20H21ClN4OS. The summed E-state index contributed by atoms with van der Waals surface area (Å²) in [5.74, 6) is 0.859. The maximum absolute atomic E-state index is 12.3. The number of carbonyl (C=O) groups is 1. The minimum absolute atomic E-state index is 0.140. The summed E-state index contributed by atoms with van der Waals surface area (Å²) in [6, 6.07) is 13.8. The van der Waals surface area contributed by atoms with E-state index in [0.29, 0.717) is 15.9 Å². The number of halogens is 1. The molecule has 1 N–H and O–H groups in total. The van der Waals surface area contributed by atoms with Crippen LogP contribution in [0, 0.1) is 13.8 Å². The van der Waals surface area contributed by atoms with E-state index in [-0.39, 0.29) is 11.7 Å². The van der Waals surface area contributed by atoms with Crippen LogP contribution in [0.1, 0.15) is 23.9 Å². The summed E-state index contributed by atoms with van der Waals surface area (Å²) in [6.07, 6.45) is 0.991. The Bertz CT molecular complexity index is 953. The Hall–Kier alpha value is -2.31. The van der Waals surface area contributed by atoms with Gasteiger partial charge in [0.25, 0.3) is 0 Å². The van der Waals surface area contributed by atoms with Gasteiger partial charge >= 0.3 is 0 Å². The van der Waals surface area contributed by atoms with Crippen molar-refractivity contribution in [2.45, 2.75) is 32.3 Å². The van der Waals surface area contributed by atoms with Crippen molar-refractivity contribution in [3.8, 4) is 5.69 Å². The lowest BCUT2D eigenvalue weighted by Gasteiger charge is -2.10. The zero-order valence-electron chi connectivity index (χ0n) is 15.5. The third kappa shape index (κ3) is 4.70. The summed E-state index contributed by atoms with van der Waals surface area (Å²) in [6.45, 7) is 5.98. The maximum atomic E-state index is 12.3. The molecule has 140 valence electrons. The van der Waals surface area contributed by atoms with Crippen molar-refractivity contribution in [2.24, 2.45) is 0 Å². The Labute approximate surface area is 168 Å². The van der Waals surface area contributed by atoms with Crippen molar-refractivity contribution < 1.29 is 4.79 Å². The van der Waals surface area contributed by atoms with Gasteiger partial charge in [-0.25, -0.2) is 0 Å². The molecule has 0 aliphatic heterocycles. The van der Waals surface area contributed by atoms with Crippen molar-refractivity contribution in [3.05, 3.63) is 64.4 Å². The average Bonchev–Trinajstić information content (AvgIpc) is 3.03. The van der Waals surface area contributed by atoms with Crippen LogP contribution >= 0.6 is 23.4 Å². The third-order valence-electron chi connectivity index (χ3n) is 4.13. The Kier molecular flexibility index (Phi) is 6.19. The van der Waals surface area contributed by atoms with Crippen LogP contribution < -0.4 is 5.32 Å². The number of nitrogens with zero attached hydrogens (tertiary/aromatic N) is 3. The van der Waals surface area contributed by atoms with Crippen LogP contribution in [0.4, 0.5) is 5.69 Å². The second-order valence-electron chi connectivity index (χ2n) is 6.21. The minimum atomic E-state index is -0.140. The van der Waals surface area contributed by atoms with Gasteiger partial charge in [-0.05, 0) is 55.7 Å². The molecule has 1 aromatic heterocycles. The summed E-state index contributed by atoms with van der Waals surface area (Å²) in [5, 5.41) is 12.4. The van der Waals surface area contributed by atoms with E-state index in [1.807, 2.05) is 48.7 Å². The first-order chi connectivity index (χ1) is 13.0. The fourth-order valence-corrected chi connectivity index (χ4v) is 3.73. The molecule has 0 unspecified atom stereocenters. The molecule has 0 saturated heterocycles. The van der Waals surface area contributed by atoms with Gasteiger partial charge in [0.2, 0.25) is 5.91 Å². The van der Waals surface area contributed by atoms with Crippen LogP contribution in [0.3, 0.4) is 0 Å². The highest BCUT2D eigenvalue weighted by atomic mass is 35.5. The summed E-state index contributed by atoms with van der Waals surface area (Å²) in [4.78, 5) is 12.3. The summed E-state index contributed by atoms with van der Waals surface area (Å²) < 4.78 is 1.95. The topological polar surface area (TPSA) is 59.8 Å². The van der Waals surface area contributed by atoms with Crippen molar-refractivity contribution in [2.75, 3.05) is 11.1 Å². The predicted octanol–water partition coefficient (Wildman–Crippen LogP) is 4.83. The van der Waals surface area contributed by atoms with Crippen LogP contribution in [0.15, 0.2) is 47.6 Å². The molecule has 27 heavy (non-hydrogen) atoms. The first-order valence-electron chi connectivity index (χ1n) is 8.68. The van der Waals surface area contributed by atoms with E-state index >= 15 is 0 Å². The summed E-state index contributed by atoms with van der Waals surface area (Å²) >= 11 is 7.52. The predicted molar refractivity (Wildman–Crippen MR) is 111 cm³/mol.